The molecule has 1 aromatic carbocycles. The molecule has 0 unspecified atom stereocenters. The molecule has 2 N–H and O–H groups in total. The first kappa shape index (κ1) is 19.0. The number of benzene rings is 1. The van der Waals surface area contributed by atoms with Crippen LogP contribution in [-0.4, -0.2) is 35.4 Å². The SMILES string of the molecule is C[C@@H](CO)[C@H](NC(=O)OC(C)(C)C)C(=O)OCc1ccccc1. The third-order valence-electron chi connectivity index (χ3n) is 3.01. The lowest BCUT2D eigenvalue weighted by Gasteiger charge is -2.25. The summed E-state index contributed by atoms with van der Waals surface area (Å²) in [6.45, 7) is 6.66. The summed E-state index contributed by atoms with van der Waals surface area (Å²) < 4.78 is 10.4. The van der Waals surface area contributed by atoms with Crippen molar-refractivity contribution in [2.24, 2.45) is 5.92 Å². The van der Waals surface area contributed by atoms with Gasteiger partial charge in [-0.15, -0.1) is 0 Å². The van der Waals surface area contributed by atoms with Crippen molar-refractivity contribution in [2.75, 3.05) is 6.61 Å². The highest BCUT2D eigenvalue weighted by Gasteiger charge is 2.30. The third kappa shape index (κ3) is 7.15. The number of alkyl carbamates (subject to hydrolysis) is 1. The molecule has 2 atom stereocenters. The van der Waals surface area contributed by atoms with Gasteiger partial charge in [0.2, 0.25) is 0 Å². The van der Waals surface area contributed by atoms with Crippen molar-refractivity contribution in [3.05, 3.63) is 35.9 Å². The van der Waals surface area contributed by atoms with Gasteiger partial charge in [-0.3, -0.25) is 0 Å². The van der Waals surface area contributed by atoms with Crippen LogP contribution in [0.5, 0.6) is 0 Å². The Bertz CT molecular complexity index is 509. The predicted molar refractivity (Wildman–Crippen MR) is 85.6 cm³/mol. The van der Waals surface area contributed by atoms with Gasteiger partial charge in [-0.1, -0.05) is 37.3 Å². The second-order valence-corrected chi connectivity index (χ2v) is 6.38. The standard InChI is InChI=1S/C17H25NO5/c1-12(10-19)14(18-16(21)23-17(2,3)4)15(20)22-11-13-8-6-5-7-9-13/h5-9,12,14,19H,10-11H2,1-4H3,(H,18,21)/t12-,14-/m0/s1. The van der Waals surface area contributed by atoms with Crippen molar-refractivity contribution < 1.29 is 24.2 Å². The molecule has 0 aliphatic heterocycles. The molecule has 1 aromatic rings. The number of esters is 1. The average Bonchev–Trinajstić information content (AvgIpc) is 2.49. The Balaban J connectivity index is 2.65. The average molecular weight is 323 g/mol. The number of amides is 1. The molecular weight excluding hydrogens is 298 g/mol. The number of rotatable bonds is 6. The van der Waals surface area contributed by atoms with Crippen LogP contribution in [-0.2, 0) is 20.9 Å². The molecule has 6 heteroatoms. The van der Waals surface area contributed by atoms with E-state index in [2.05, 4.69) is 5.32 Å². The number of nitrogens with one attached hydrogen (secondary N) is 1. The fraction of sp³-hybridized carbons (Fsp3) is 0.529. The zero-order chi connectivity index (χ0) is 17.5. The van der Waals surface area contributed by atoms with Crippen LogP contribution >= 0.6 is 0 Å². The van der Waals surface area contributed by atoms with E-state index in [4.69, 9.17) is 9.47 Å². The highest BCUT2D eigenvalue weighted by Crippen LogP contribution is 2.11. The molecule has 0 aliphatic carbocycles. The van der Waals surface area contributed by atoms with Crippen LogP contribution in [0, 0.1) is 5.92 Å². The molecule has 0 heterocycles. The Hall–Kier alpha value is -2.08. The highest BCUT2D eigenvalue weighted by molar-refractivity contribution is 5.81. The molecule has 0 radical (unpaired) electrons. The maximum Gasteiger partial charge on any atom is 0.408 e. The number of carbonyl (C=O) groups excluding carboxylic acids is 2. The first-order valence-corrected chi connectivity index (χ1v) is 7.54. The van der Waals surface area contributed by atoms with Crippen molar-refractivity contribution in [3.8, 4) is 0 Å². The smallest absolute Gasteiger partial charge is 0.408 e. The molecule has 1 amide bonds. The number of hydrogen-bond donors (Lipinski definition) is 2. The summed E-state index contributed by atoms with van der Waals surface area (Å²) in [6, 6.07) is 8.24. The quantitative estimate of drug-likeness (QED) is 0.784. The van der Waals surface area contributed by atoms with E-state index in [-0.39, 0.29) is 13.2 Å². The van der Waals surface area contributed by atoms with E-state index in [1.54, 1.807) is 27.7 Å². The van der Waals surface area contributed by atoms with Crippen LogP contribution in [0.1, 0.15) is 33.3 Å². The van der Waals surface area contributed by atoms with Gasteiger partial charge >= 0.3 is 12.1 Å². The monoisotopic (exact) mass is 323 g/mol. The van der Waals surface area contributed by atoms with Gasteiger partial charge < -0.3 is 19.9 Å². The maximum absolute atomic E-state index is 12.2. The number of carbonyl (C=O) groups is 2. The lowest BCUT2D eigenvalue weighted by Crippen LogP contribution is -2.48. The Morgan fingerprint density at radius 2 is 1.83 bits per heavy atom. The molecule has 0 fully saturated rings. The van der Waals surface area contributed by atoms with Crippen LogP contribution in [0.25, 0.3) is 0 Å². The van der Waals surface area contributed by atoms with E-state index < -0.39 is 29.6 Å². The molecule has 128 valence electrons. The lowest BCUT2D eigenvalue weighted by atomic mass is 10.0. The van der Waals surface area contributed by atoms with Crippen molar-refractivity contribution in [3.63, 3.8) is 0 Å². The molecule has 23 heavy (non-hydrogen) atoms. The molecule has 0 aliphatic rings. The van der Waals surface area contributed by atoms with Crippen LogP contribution < -0.4 is 5.32 Å². The lowest BCUT2D eigenvalue weighted by molar-refractivity contribution is -0.149. The summed E-state index contributed by atoms with van der Waals surface area (Å²) in [5, 5.41) is 11.7. The van der Waals surface area contributed by atoms with Crippen molar-refractivity contribution in [2.45, 2.75) is 45.9 Å². The van der Waals surface area contributed by atoms with Crippen molar-refractivity contribution in [1.29, 1.82) is 0 Å². The predicted octanol–water partition coefficient (Wildman–Crippen LogP) is 2.25. The summed E-state index contributed by atoms with van der Waals surface area (Å²) in [6.07, 6.45) is -0.723. The fourth-order valence-corrected chi connectivity index (χ4v) is 1.79. The summed E-state index contributed by atoms with van der Waals surface area (Å²) in [4.78, 5) is 24.1. The van der Waals surface area contributed by atoms with E-state index >= 15 is 0 Å². The summed E-state index contributed by atoms with van der Waals surface area (Å²) in [5.74, 6) is -1.10. The molecule has 0 bridgehead atoms. The first-order chi connectivity index (χ1) is 10.7. The Morgan fingerprint density at radius 3 is 2.35 bits per heavy atom. The minimum absolute atomic E-state index is 0.102. The number of ether oxygens (including phenoxy) is 2. The molecule has 0 saturated heterocycles. The molecule has 0 saturated carbocycles. The van der Waals surface area contributed by atoms with Crippen LogP contribution in [0.4, 0.5) is 4.79 Å². The van der Waals surface area contributed by atoms with E-state index in [1.807, 2.05) is 30.3 Å². The summed E-state index contributed by atoms with van der Waals surface area (Å²) in [5.41, 5.74) is 0.166. The molecule has 6 nitrogen and oxygen atoms in total. The van der Waals surface area contributed by atoms with Gasteiger partial charge in [-0.05, 0) is 26.3 Å². The normalized spacial score (nSPS) is 13.8. The van der Waals surface area contributed by atoms with Crippen molar-refractivity contribution in [1.82, 2.24) is 5.32 Å². The zero-order valence-corrected chi connectivity index (χ0v) is 14.0. The van der Waals surface area contributed by atoms with Crippen LogP contribution in [0.3, 0.4) is 0 Å². The molecule has 1 rings (SSSR count). The van der Waals surface area contributed by atoms with Gasteiger partial charge in [0.25, 0.3) is 0 Å². The summed E-state index contributed by atoms with van der Waals surface area (Å²) in [7, 11) is 0. The van der Waals surface area contributed by atoms with E-state index in [1.165, 1.54) is 0 Å². The number of hydrogen-bond acceptors (Lipinski definition) is 5. The molecule has 0 spiro atoms. The third-order valence-corrected chi connectivity index (χ3v) is 3.01. The topological polar surface area (TPSA) is 84.9 Å². The summed E-state index contributed by atoms with van der Waals surface area (Å²) >= 11 is 0. The largest absolute Gasteiger partial charge is 0.459 e. The van der Waals surface area contributed by atoms with Gasteiger partial charge in [-0.2, -0.15) is 0 Å². The van der Waals surface area contributed by atoms with Crippen molar-refractivity contribution >= 4 is 12.1 Å². The van der Waals surface area contributed by atoms with Gasteiger partial charge in [0, 0.05) is 12.5 Å². The van der Waals surface area contributed by atoms with E-state index in [0.29, 0.717) is 0 Å². The Kier molecular flexibility index (Phi) is 7.03. The minimum atomic E-state index is -0.974. The zero-order valence-electron chi connectivity index (χ0n) is 14.0. The van der Waals surface area contributed by atoms with Crippen LogP contribution in [0.2, 0.25) is 0 Å². The number of aliphatic hydroxyl groups excluding tert-OH is 1. The van der Waals surface area contributed by atoms with E-state index in [0.717, 1.165) is 5.56 Å². The first-order valence-electron chi connectivity index (χ1n) is 7.54. The highest BCUT2D eigenvalue weighted by atomic mass is 16.6. The number of aliphatic hydroxyl groups is 1. The van der Waals surface area contributed by atoms with Gasteiger partial charge in [-0.25, -0.2) is 9.59 Å². The second-order valence-electron chi connectivity index (χ2n) is 6.38. The van der Waals surface area contributed by atoms with Gasteiger partial charge in [0.15, 0.2) is 0 Å². The maximum atomic E-state index is 12.2. The second kappa shape index (κ2) is 8.53. The minimum Gasteiger partial charge on any atom is -0.459 e. The molecule has 0 aromatic heterocycles. The Labute approximate surface area is 136 Å². The van der Waals surface area contributed by atoms with Gasteiger partial charge in [0.05, 0.1) is 0 Å². The van der Waals surface area contributed by atoms with Crippen LogP contribution in [0.15, 0.2) is 30.3 Å². The fourth-order valence-electron chi connectivity index (χ4n) is 1.79. The van der Waals surface area contributed by atoms with Gasteiger partial charge in [0.1, 0.15) is 18.2 Å². The molecular formula is C17H25NO5. The van der Waals surface area contributed by atoms with E-state index in [9.17, 15) is 14.7 Å². The Morgan fingerprint density at radius 1 is 1.22 bits per heavy atom.